The Kier molecular flexibility index (Phi) is 5.97. The lowest BCUT2D eigenvalue weighted by Crippen LogP contribution is -2.19. The summed E-state index contributed by atoms with van der Waals surface area (Å²) in [6.07, 6.45) is 0.820. The van der Waals surface area contributed by atoms with Crippen molar-refractivity contribution < 1.29 is 9.84 Å². The van der Waals surface area contributed by atoms with Gasteiger partial charge in [0.05, 0.1) is 13.2 Å². The predicted molar refractivity (Wildman–Crippen MR) is 95.8 cm³/mol. The van der Waals surface area contributed by atoms with Crippen molar-refractivity contribution in [2.24, 2.45) is 0 Å². The van der Waals surface area contributed by atoms with E-state index < -0.39 is 0 Å². The lowest BCUT2D eigenvalue weighted by molar-refractivity contribution is 0.0488. The lowest BCUT2D eigenvalue weighted by Gasteiger charge is -2.29. The zero-order valence-corrected chi connectivity index (χ0v) is 14.7. The van der Waals surface area contributed by atoms with Gasteiger partial charge in [-0.3, -0.25) is 0 Å². The first-order chi connectivity index (χ1) is 11.0. The molecule has 1 N–H and O–H groups in total. The quantitative estimate of drug-likeness (QED) is 0.841. The first-order valence-corrected chi connectivity index (χ1v) is 8.38. The van der Waals surface area contributed by atoms with Gasteiger partial charge in [-0.1, -0.05) is 76.2 Å². The molecule has 2 nitrogen and oxygen atoms in total. The van der Waals surface area contributed by atoms with Gasteiger partial charge in [0.2, 0.25) is 0 Å². The van der Waals surface area contributed by atoms with E-state index in [9.17, 15) is 5.11 Å². The molecule has 0 spiro atoms. The maximum Gasteiger partial charge on any atom is 0.108 e. The number of aliphatic hydroxyl groups excluding tert-OH is 1. The monoisotopic (exact) mass is 312 g/mol. The second-order valence-electron chi connectivity index (χ2n) is 6.86. The van der Waals surface area contributed by atoms with Crippen molar-refractivity contribution in [2.45, 2.75) is 45.6 Å². The Bertz CT molecular complexity index is 626. The molecule has 0 radical (unpaired) electrons. The number of hydrogen-bond donors (Lipinski definition) is 1. The number of aryl methyl sites for hydroxylation is 1. The van der Waals surface area contributed by atoms with Crippen LogP contribution in [0.3, 0.4) is 0 Å². The van der Waals surface area contributed by atoms with Crippen molar-refractivity contribution in [3.8, 4) is 0 Å². The van der Waals surface area contributed by atoms with Crippen molar-refractivity contribution in [3.05, 3.63) is 70.8 Å². The van der Waals surface area contributed by atoms with Crippen LogP contribution in [0.2, 0.25) is 0 Å². The molecule has 1 atom stereocenters. The van der Waals surface area contributed by atoms with E-state index >= 15 is 0 Å². The van der Waals surface area contributed by atoms with Crippen molar-refractivity contribution in [1.82, 2.24) is 0 Å². The minimum Gasteiger partial charge on any atom is -0.394 e. The number of benzene rings is 2. The van der Waals surface area contributed by atoms with Crippen molar-refractivity contribution in [1.29, 1.82) is 0 Å². The summed E-state index contributed by atoms with van der Waals surface area (Å²) in [5, 5.41) is 9.24. The molecule has 2 rings (SSSR count). The number of aliphatic hydroxyl groups is 1. The van der Waals surface area contributed by atoms with Crippen LogP contribution in [0.15, 0.2) is 48.5 Å². The van der Waals surface area contributed by atoms with E-state index in [0.29, 0.717) is 6.61 Å². The Hall–Kier alpha value is -1.64. The van der Waals surface area contributed by atoms with Gasteiger partial charge in [-0.2, -0.15) is 0 Å². The highest BCUT2D eigenvalue weighted by molar-refractivity contribution is 5.42. The van der Waals surface area contributed by atoms with E-state index in [1.54, 1.807) is 0 Å². The van der Waals surface area contributed by atoms with E-state index in [2.05, 4.69) is 76.2 Å². The van der Waals surface area contributed by atoms with Crippen LogP contribution in [0.1, 0.15) is 56.1 Å². The summed E-state index contributed by atoms with van der Waals surface area (Å²) >= 11 is 0. The zero-order valence-electron chi connectivity index (χ0n) is 14.7. The summed E-state index contributed by atoms with van der Waals surface area (Å²) in [6, 6.07) is 16.9. The van der Waals surface area contributed by atoms with Crippen molar-refractivity contribution in [3.63, 3.8) is 0 Å². The number of hydrogen-bond acceptors (Lipinski definition) is 2. The topological polar surface area (TPSA) is 29.5 Å². The molecule has 0 fully saturated rings. The van der Waals surface area contributed by atoms with Crippen molar-refractivity contribution in [2.75, 3.05) is 13.2 Å². The largest absolute Gasteiger partial charge is 0.394 e. The van der Waals surface area contributed by atoms with Gasteiger partial charge in [-0.05, 0) is 34.1 Å². The zero-order chi connectivity index (χ0) is 16.9. The van der Waals surface area contributed by atoms with Crippen LogP contribution >= 0.6 is 0 Å². The molecule has 0 heterocycles. The second kappa shape index (κ2) is 7.76. The van der Waals surface area contributed by atoms with Gasteiger partial charge < -0.3 is 9.84 Å². The first kappa shape index (κ1) is 17.7. The Balaban J connectivity index is 2.56. The van der Waals surface area contributed by atoms with Gasteiger partial charge in [0.25, 0.3) is 0 Å². The van der Waals surface area contributed by atoms with Gasteiger partial charge in [-0.15, -0.1) is 0 Å². The maximum absolute atomic E-state index is 9.24. The van der Waals surface area contributed by atoms with Crippen LogP contribution in [0.5, 0.6) is 0 Å². The molecule has 0 aliphatic carbocycles. The van der Waals surface area contributed by atoms with Crippen LogP contribution < -0.4 is 0 Å². The molecule has 0 aromatic heterocycles. The van der Waals surface area contributed by atoms with Gasteiger partial charge in [-0.25, -0.2) is 0 Å². The molecule has 124 valence electrons. The maximum atomic E-state index is 9.24. The fraction of sp³-hybridized carbons (Fsp3) is 0.429. The summed E-state index contributed by atoms with van der Waals surface area (Å²) in [7, 11) is 0. The molecule has 2 aromatic carbocycles. The third-order valence-corrected chi connectivity index (χ3v) is 4.15. The van der Waals surface area contributed by atoms with E-state index in [4.69, 9.17) is 4.74 Å². The molecule has 1 unspecified atom stereocenters. The van der Waals surface area contributed by atoms with E-state index in [1.165, 1.54) is 22.3 Å². The summed E-state index contributed by atoms with van der Waals surface area (Å²) in [5.41, 5.74) is 5.00. The molecule has 0 aliphatic heterocycles. The molecular weight excluding hydrogens is 284 g/mol. The molecule has 2 heteroatoms. The smallest absolute Gasteiger partial charge is 0.108 e. The fourth-order valence-electron chi connectivity index (χ4n) is 3.04. The molecule has 0 saturated carbocycles. The molecule has 23 heavy (non-hydrogen) atoms. The minimum atomic E-state index is -0.145. The fourth-order valence-corrected chi connectivity index (χ4v) is 3.04. The van der Waals surface area contributed by atoms with E-state index in [1.807, 2.05) is 0 Å². The number of rotatable bonds is 6. The van der Waals surface area contributed by atoms with Gasteiger partial charge in [0.1, 0.15) is 6.10 Å². The van der Waals surface area contributed by atoms with Gasteiger partial charge in [0.15, 0.2) is 0 Å². The Morgan fingerprint density at radius 1 is 0.957 bits per heavy atom. The van der Waals surface area contributed by atoms with Crippen LogP contribution in [-0.4, -0.2) is 18.3 Å². The molecule has 2 aromatic rings. The van der Waals surface area contributed by atoms with E-state index in [0.717, 1.165) is 6.42 Å². The highest BCUT2D eigenvalue weighted by Crippen LogP contribution is 2.36. The van der Waals surface area contributed by atoms with Crippen LogP contribution in [-0.2, 0) is 16.6 Å². The molecule has 0 amide bonds. The molecular formula is C21H28O2. The Labute approximate surface area is 140 Å². The van der Waals surface area contributed by atoms with Gasteiger partial charge in [0, 0.05) is 0 Å². The number of ether oxygens (including phenoxy) is 1. The van der Waals surface area contributed by atoms with Crippen LogP contribution in [0.25, 0.3) is 0 Å². The lowest BCUT2D eigenvalue weighted by atomic mass is 9.80. The highest BCUT2D eigenvalue weighted by Gasteiger charge is 2.25. The van der Waals surface area contributed by atoms with Crippen LogP contribution in [0, 0.1) is 0 Å². The molecule has 0 aliphatic rings. The summed E-state index contributed by atoms with van der Waals surface area (Å²) < 4.78 is 6.09. The standard InChI is InChI=1S/C21H28O2/c1-5-16-10-6-7-11-17(16)20(23-15-14-22)18-12-8-9-13-19(18)21(2,3)4/h6-13,20,22H,5,14-15H2,1-4H3. The second-order valence-corrected chi connectivity index (χ2v) is 6.86. The summed E-state index contributed by atoms with van der Waals surface area (Å²) in [6.45, 7) is 9.20. The average Bonchev–Trinajstić information content (AvgIpc) is 2.55. The molecule has 0 bridgehead atoms. The Morgan fingerprint density at radius 3 is 2.17 bits per heavy atom. The first-order valence-electron chi connectivity index (χ1n) is 8.38. The summed E-state index contributed by atoms with van der Waals surface area (Å²) in [4.78, 5) is 0. The van der Waals surface area contributed by atoms with Crippen molar-refractivity contribution >= 4 is 0 Å². The molecule has 0 saturated heterocycles. The average molecular weight is 312 g/mol. The minimum absolute atomic E-state index is 0.0302. The van der Waals surface area contributed by atoms with E-state index in [-0.39, 0.29) is 18.1 Å². The SMILES string of the molecule is CCc1ccccc1C(OCCO)c1ccccc1C(C)(C)C. The van der Waals surface area contributed by atoms with Crippen LogP contribution in [0.4, 0.5) is 0 Å². The Morgan fingerprint density at radius 2 is 1.57 bits per heavy atom. The summed E-state index contributed by atoms with van der Waals surface area (Å²) in [5.74, 6) is 0. The third-order valence-electron chi connectivity index (χ3n) is 4.15. The normalized spacial score (nSPS) is 13.1. The highest BCUT2D eigenvalue weighted by atomic mass is 16.5. The third kappa shape index (κ3) is 4.21. The predicted octanol–water partition coefficient (Wildman–Crippen LogP) is 4.64. The van der Waals surface area contributed by atoms with Gasteiger partial charge >= 0.3 is 0 Å².